The van der Waals surface area contributed by atoms with Gasteiger partial charge in [0.15, 0.2) is 11.5 Å². The monoisotopic (exact) mass is 558 g/mol. The molecule has 214 valence electrons. The molecular weight excluding hydrogens is 524 g/mol. The van der Waals surface area contributed by atoms with Crippen molar-refractivity contribution in [2.45, 2.75) is 31.7 Å². The van der Waals surface area contributed by atoms with E-state index < -0.39 is 0 Å². The maximum Gasteiger partial charge on any atom is 0.272 e. The SMILES string of the molecule is COc1cc2cc(c1OC)-c1ccc3c(c1)C(CCO3)NC(=O)CCN(C(=O)c1ccccn1)CCNC(=O)CC2. The van der Waals surface area contributed by atoms with Gasteiger partial charge >= 0.3 is 0 Å². The van der Waals surface area contributed by atoms with E-state index in [0.717, 1.165) is 22.3 Å². The van der Waals surface area contributed by atoms with Gasteiger partial charge in [0.2, 0.25) is 11.8 Å². The molecule has 0 fully saturated rings. The van der Waals surface area contributed by atoms with Crippen molar-refractivity contribution in [1.82, 2.24) is 20.5 Å². The topological polar surface area (TPSA) is 119 Å². The summed E-state index contributed by atoms with van der Waals surface area (Å²) in [7, 11) is 3.18. The number of carbonyl (C=O) groups excluding carboxylic acids is 3. The molecule has 41 heavy (non-hydrogen) atoms. The van der Waals surface area contributed by atoms with Gasteiger partial charge in [0, 0.05) is 56.2 Å². The number of nitrogens with zero attached hydrogens (tertiary/aromatic N) is 2. The second-order valence-electron chi connectivity index (χ2n) is 10.00. The highest BCUT2D eigenvalue weighted by Crippen LogP contribution is 2.42. The van der Waals surface area contributed by atoms with Crippen LogP contribution in [0.3, 0.4) is 0 Å². The molecule has 4 bridgehead atoms. The molecule has 2 aromatic carbocycles. The van der Waals surface area contributed by atoms with Crippen LogP contribution in [0.1, 0.15) is 46.9 Å². The minimum absolute atomic E-state index is 0.103. The second kappa shape index (κ2) is 12.7. The van der Waals surface area contributed by atoms with Gasteiger partial charge in [-0.1, -0.05) is 12.1 Å². The van der Waals surface area contributed by atoms with Crippen LogP contribution in [0.15, 0.2) is 54.7 Å². The molecule has 1 aromatic heterocycles. The molecule has 2 N–H and O–H groups in total. The highest BCUT2D eigenvalue weighted by atomic mass is 16.5. The Bertz CT molecular complexity index is 1430. The van der Waals surface area contributed by atoms with Gasteiger partial charge in [0.05, 0.1) is 26.9 Å². The van der Waals surface area contributed by atoms with Crippen LogP contribution in [0.4, 0.5) is 0 Å². The number of aromatic nitrogens is 1. The summed E-state index contributed by atoms with van der Waals surface area (Å²) in [6, 6.07) is 14.6. The minimum Gasteiger partial charge on any atom is -0.493 e. The number of pyridine rings is 1. The van der Waals surface area contributed by atoms with E-state index in [1.807, 2.05) is 30.3 Å². The normalized spacial score (nSPS) is 17.7. The first-order valence-corrected chi connectivity index (χ1v) is 13.7. The summed E-state index contributed by atoms with van der Waals surface area (Å²) in [5.74, 6) is 1.26. The van der Waals surface area contributed by atoms with Gasteiger partial charge in [0.25, 0.3) is 5.91 Å². The largest absolute Gasteiger partial charge is 0.493 e. The Balaban J connectivity index is 1.49. The molecule has 1 atom stereocenters. The van der Waals surface area contributed by atoms with Gasteiger partial charge in [0.1, 0.15) is 11.4 Å². The molecule has 3 heterocycles. The van der Waals surface area contributed by atoms with Crippen molar-refractivity contribution in [3.05, 3.63) is 71.5 Å². The number of hydrogen-bond donors (Lipinski definition) is 2. The van der Waals surface area contributed by atoms with Crippen molar-refractivity contribution in [1.29, 1.82) is 0 Å². The lowest BCUT2D eigenvalue weighted by Gasteiger charge is -2.28. The van der Waals surface area contributed by atoms with Crippen LogP contribution in [0.5, 0.6) is 17.2 Å². The summed E-state index contributed by atoms with van der Waals surface area (Å²) in [6.45, 7) is 1.17. The summed E-state index contributed by atoms with van der Waals surface area (Å²) in [4.78, 5) is 44.8. The van der Waals surface area contributed by atoms with Crippen LogP contribution in [0, 0.1) is 0 Å². The number of nitrogens with one attached hydrogen (secondary N) is 2. The van der Waals surface area contributed by atoms with Crippen LogP contribution in [-0.2, 0) is 16.0 Å². The number of aryl methyl sites for hydroxylation is 1. The predicted octanol–water partition coefficient (Wildman–Crippen LogP) is 3.30. The van der Waals surface area contributed by atoms with Gasteiger partial charge in [-0.05, 0) is 53.9 Å². The van der Waals surface area contributed by atoms with Gasteiger partial charge < -0.3 is 29.7 Å². The quantitative estimate of drug-likeness (QED) is 0.506. The van der Waals surface area contributed by atoms with Crippen LogP contribution < -0.4 is 24.8 Å². The number of ether oxygens (including phenoxy) is 3. The first-order chi connectivity index (χ1) is 20.0. The van der Waals surface area contributed by atoms with E-state index in [9.17, 15) is 14.4 Å². The van der Waals surface area contributed by atoms with Gasteiger partial charge in [-0.25, -0.2) is 0 Å². The molecule has 2 aliphatic rings. The zero-order valence-corrected chi connectivity index (χ0v) is 23.3. The summed E-state index contributed by atoms with van der Waals surface area (Å²) in [6.07, 6.45) is 3.02. The average molecular weight is 559 g/mol. The maximum absolute atomic E-state index is 13.2. The second-order valence-corrected chi connectivity index (χ2v) is 10.00. The lowest BCUT2D eigenvalue weighted by Crippen LogP contribution is -2.41. The van der Waals surface area contributed by atoms with E-state index in [1.165, 1.54) is 0 Å². The molecule has 2 aliphatic heterocycles. The molecule has 1 unspecified atom stereocenters. The Morgan fingerprint density at radius 2 is 1.88 bits per heavy atom. The van der Waals surface area contributed by atoms with Crippen LogP contribution in [0.2, 0.25) is 0 Å². The average Bonchev–Trinajstić information content (AvgIpc) is 3.00. The Morgan fingerprint density at radius 1 is 1.00 bits per heavy atom. The summed E-state index contributed by atoms with van der Waals surface area (Å²) >= 11 is 0. The summed E-state index contributed by atoms with van der Waals surface area (Å²) in [5, 5.41) is 6.04. The smallest absolute Gasteiger partial charge is 0.272 e. The third kappa shape index (κ3) is 6.42. The van der Waals surface area contributed by atoms with Crippen LogP contribution in [-0.4, -0.2) is 68.1 Å². The number of benzene rings is 2. The standard InChI is InChI=1S/C31H34N4O6/c1-39-27-18-20-6-9-28(36)33-13-15-35(31(38)25-5-3-4-12-32-25)14-10-29(37)34-24-11-16-41-26-8-7-21(19-23(24)26)22(17-20)30(27)40-2/h3-5,7-8,12,17-19,24H,6,9-11,13-16H2,1-2H3,(H,33,36)(H,34,37). The number of hydrogen-bond acceptors (Lipinski definition) is 7. The number of fused-ring (bicyclic) bond motifs is 4. The van der Waals surface area contributed by atoms with E-state index in [0.29, 0.717) is 36.7 Å². The van der Waals surface area contributed by atoms with Gasteiger partial charge in [-0.2, -0.15) is 0 Å². The summed E-state index contributed by atoms with van der Waals surface area (Å²) in [5.41, 5.74) is 3.78. The zero-order chi connectivity index (χ0) is 28.8. The molecule has 0 aliphatic carbocycles. The van der Waals surface area contributed by atoms with Crippen LogP contribution >= 0.6 is 0 Å². The first kappa shape index (κ1) is 27.9. The van der Waals surface area contributed by atoms with Crippen molar-refractivity contribution in [2.75, 3.05) is 40.5 Å². The fraction of sp³-hybridized carbons (Fsp3) is 0.355. The molecule has 3 amide bonds. The van der Waals surface area contributed by atoms with Gasteiger partial charge in [-0.15, -0.1) is 0 Å². The number of methoxy groups -OCH3 is 2. The molecule has 10 heteroatoms. The lowest BCUT2D eigenvalue weighted by molar-refractivity contribution is -0.123. The molecular formula is C31H34N4O6. The number of rotatable bonds is 3. The Hall–Kier alpha value is -4.60. The van der Waals surface area contributed by atoms with Crippen molar-refractivity contribution >= 4 is 17.7 Å². The molecule has 10 nitrogen and oxygen atoms in total. The van der Waals surface area contributed by atoms with Crippen LogP contribution in [0.25, 0.3) is 11.1 Å². The lowest BCUT2D eigenvalue weighted by atomic mass is 9.93. The van der Waals surface area contributed by atoms with E-state index in [1.54, 1.807) is 43.5 Å². The third-order valence-corrected chi connectivity index (χ3v) is 7.36. The van der Waals surface area contributed by atoms with Crippen molar-refractivity contribution in [2.24, 2.45) is 0 Å². The molecule has 3 aromatic rings. The Morgan fingerprint density at radius 3 is 2.66 bits per heavy atom. The van der Waals surface area contributed by atoms with E-state index in [-0.39, 0.29) is 61.9 Å². The van der Waals surface area contributed by atoms with E-state index in [4.69, 9.17) is 14.2 Å². The van der Waals surface area contributed by atoms with E-state index >= 15 is 0 Å². The molecule has 0 spiro atoms. The summed E-state index contributed by atoms with van der Waals surface area (Å²) < 4.78 is 17.3. The van der Waals surface area contributed by atoms with Gasteiger partial charge in [-0.3, -0.25) is 19.4 Å². The molecule has 0 radical (unpaired) electrons. The predicted molar refractivity (Wildman–Crippen MR) is 152 cm³/mol. The fourth-order valence-electron chi connectivity index (χ4n) is 5.24. The molecule has 0 saturated heterocycles. The highest BCUT2D eigenvalue weighted by molar-refractivity contribution is 5.92. The number of carbonyl (C=O) groups is 3. The molecule has 5 rings (SSSR count). The molecule has 0 saturated carbocycles. The Kier molecular flexibility index (Phi) is 8.67. The van der Waals surface area contributed by atoms with Crippen molar-refractivity contribution in [3.8, 4) is 28.4 Å². The number of amides is 3. The maximum atomic E-state index is 13.2. The van der Waals surface area contributed by atoms with E-state index in [2.05, 4.69) is 15.6 Å². The van der Waals surface area contributed by atoms with Crippen molar-refractivity contribution in [3.63, 3.8) is 0 Å². The Labute approximate surface area is 239 Å². The minimum atomic E-state index is -0.291. The third-order valence-electron chi connectivity index (χ3n) is 7.36. The fourth-order valence-corrected chi connectivity index (χ4v) is 5.24. The van der Waals surface area contributed by atoms with Crippen molar-refractivity contribution < 1.29 is 28.6 Å². The first-order valence-electron chi connectivity index (χ1n) is 13.7. The zero-order valence-electron chi connectivity index (χ0n) is 23.3. The highest BCUT2D eigenvalue weighted by Gasteiger charge is 2.26.